The summed E-state index contributed by atoms with van der Waals surface area (Å²) in [6.07, 6.45) is 1.39. The number of hydrogen-bond acceptors (Lipinski definition) is 3. The summed E-state index contributed by atoms with van der Waals surface area (Å²) < 4.78 is 1.08. The van der Waals surface area contributed by atoms with Gasteiger partial charge in [0.15, 0.2) is 0 Å². The van der Waals surface area contributed by atoms with Crippen molar-refractivity contribution in [3.05, 3.63) is 44.3 Å². The second kappa shape index (κ2) is 5.16. The number of halogens is 3. The Morgan fingerprint density at radius 3 is 2.62 bits per heavy atom. The zero-order valence-electron chi connectivity index (χ0n) is 7.92. The first-order chi connectivity index (χ1) is 7.65. The van der Waals surface area contributed by atoms with Crippen LogP contribution in [0.5, 0.6) is 0 Å². The fraction of sp³-hybridized carbons (Fsp3) is 0. The quantitative estimate of drug-likeness (QED) is 0.642. The molecule has 2 rings (SSSR count). The summed E-state index contributed by atoms with van der Waals surface area (Å²) in [4.78, 5) is 7.83. The smallest absolute Gasteiger partial charge is 0.135 e. The fourth-order valence-corrected chi connectivity index (χ4v) is 2.18. The Morgan fingerprint density at radius 2 is 1.94 bits per heavy atom. The lowest BCUT2D eigenvalue weighted by Crippen LogP contribution is -1.95. The minimum Gasteiger partial charge on any atom is -0.339 e. The number of benzene rings is 1. The van der Waals surface area contributed by atoms with Crippen LogP contribution in [0, 0.1) is 3.57 Å². The summed E-state index contributed by atoms with van der Waals surface area (Å²) in [5.41, 5.74) is 0.789. The molecular weight excluding hydrogens is 360 g/mol. The van der Waals surface area contributed by atoms with Gasteiger partial charge in [-0.05, 0) is 40.8 Å². The molecule has 0 unspecified atom stereocenters. The van der Waals surface area contributed by atoms with Crippen molar-refractivity contribution in [2.45, 2.75) is 0 Å². The van der Waals surface area contributed by atoms with E-state index in [2.05, 4.69) is 37.9 Å². The molecular formula is C10H6Cl2IN3. The Hall–Kier alpha value is -0.590. The molecule has 0 saturated heterocycles. The van der Waals surface area contributed by atoms with Crippen molar-refractivity contribution >= 4 is 57.3 Å². The monoisotopic (exact) mass is 365 g/mol. The maximum absolute atomic E-state index is 6.08. The minimum atomic E-state index is 0.388. The van der Waals surface area contributed by atoms with Crippen LogP contribution in [0.25, 0.3) is 0 Å². The largest absolute Gasteiger partial charge is 0.339 e. The lowest BCUT2D eigenvalue weighted by atomic mass is 10.3. The van der Waals surface area contributed by atoms with Gasteiger partial charge in [0.2, 0.25) is 0 Å². The van der Waals surface area contributed by atoms with Gasteiger partial charge >= 0.3 is 0 Å². The first kappa shape index (κ1) is 11.9. The third kappa shape index (κ3) is 2.96. The Bertz CT molecular complexity index is 519. The second-order valence-corrected chi connectivity index (χ2v) is 5.02. The van der Waals surface area contributed by atoms with Crippen LogP contribution in [0.15, 0.2) is 30.6 Å². The van der Waals surface area contributed by atoms with Crippen molar-refractivity contribution in [3.8, 4) is 0 Å². The lowest BCUT2D eigenvalue weighted by molar-refractivity contribution is 1.17. The second-order valence-electron chi connectivity index (χ2n) is 2.98. The molecule has 1 N–H and O–H groups in total. The highest BCUT2D eigenvalue weighted by atomic mass is 127. The molecule has 1 heterocycles. The molecule has 1 aromatic carbocycles. The summed E-state index contributed by atoms with van der Waals surface area (Å²) in [5, 5.41) is 4.10. The lowest BCUT2D eigenvalue weighted by Gasteiger charge is -2.07. The van der Waals surface area contributed by atoms with E-state index in [1.54, 1.807) is 6.07 Å². The maximum atomic E-state index is 6.08. The Labute approximate surface area is 116 Å². The SMILES string of the molecule is Clc1cc(Nc2ccc(I)cc2Cl)ncn1. The van der Waals surface area contributed by atoms with Gasteiger partial charge in [-0.3, -0.25) is 0 Å². The number of nitrogens with one attached hydrogen (secondary N) is 1. The molecule has 2 aromatic rings. The van der Waals surface area contributed by atoms with Gasteiger partial charge in [-0.2, -0.15) is 0 Å². The van der Waals surface area contributed by atoms with Crippen molar-refractivity contribution in [2.24, 2.45) is 0 Å². The van der Waals surface area contributed by atoms with Crippen LogP contribution in [0.3, 0.4) is 0 Å². The van der Waals surface area contributed by atoms with E-state index < -0.39 is 0 Å². The molecule has 0 amide bonds. The van der Waals surface area contributed by atoms with E-state index in [9.17, 15) is 0 Å². The molecule has 82 valence electrons. The van der Waals surface area contributed by atoms with Crippen LogP contribution < -0.4 is 5.32 Å². The third-order valence-electron chi connectivity index (χ3n) is 1.83. The molecule has 6 heteroatoms. The topological polar surface area (TPSA) is 37.8 Å². The van der Waals surface area contributed by atoms with Crippen LogP contribution in [-0.2, 0) is 0 Å². The van der Waals surface area contributed by atoms with Crippen molar-refractivity contribution in [2.75, 3.05) is 5.32 Å². The van der Waals surface area contributed by atoms with Gasteiger partial charge in [-0.25, -0.2) is 9.97 Å². The fourth-order valence-electron chi connectivity index (χ4n) is 1.13. The molecule has 0 aliphatic carbocycles. The van der Waals surface area contributed by atoms with Crippen LogP contribution in [0.2, 0.25) is 10.2 Å². The van der Waals surface area contributed by atoms with Crippen molar-refractivity contribution in [1.29, 1.82) is 0 Å². The van der Waals surface area contributed by atoms with E-state index in [0.29, 0.717) is 16.0 Å². The highest BCUT2D eigenvalue weighted by molar-refractivity contribution is 14.1. The van der Waals surface area contributed by atoms with Crippen molar-refractivity contribution in [1.82, 2.24) is 9.97 Å². The molecule has 3 nitrogen and oxygen atoms in total. The Morgan fingerprint density at radius 1 is 1.12 bits per heavy atom. The Kier molecular flexibility index (Phi) is 3.83. The van der Waals surface area contributed by atoms with E-state index in [4.69, 9.17) is 23.2 Å². The predicted molar refractivity (Wildman–Crippen MR) is 74.5 cm³/mol. The zero-order chi connectivity index (χ0) is 11.5. The molecule has 0 radical (unpaired) electrons. The van der Waals surface area contributed by atoms with E-state index in [1.165, 1.54) is 6.33 Å². The normalized spacial score (nSPS) is 10.2. The number of aromatic nitrogens is 2. The van der Waals surface area contributed by atoms with Crippen LogP contribution in [0.4, 0.5) is 11.5 Å². The standard InChI is InChI=1S/C10H6Cl2IN3/c11-7-3-6(13)1-2-8(7)16-10-4-9(12)14-5-15-10/h1-5H,(H,14,15,16). The van der Waals surface area contributed by atoms with E-state index >= 15 is 0 Å². The van der Waals surface area contributed by atoms with Gasteiger partial charge in [0.1, 0.15) is 17.3 Å². The molecule has 1 aromatic heterocycles. The molecule has 0 bridgehead atoms. The number of nitrogens with zero attached hydrogens (tertiary/aromatic N) is 2. The first-order valence-electron chi connectivity index (χ1n) is 4.35. The van der Waals surface area contributed by atoms with Gasteiger partial charge in [0.05, 0.1) is 10.7 Å². The summed E-state index contributed by atoms with van der Waals surface area (Å²) in [7, 11) is 0. The summed E-state index contributed by atoms with van der Waals surface area (Å²) >= 11 is 14.0. The van der Waals surface area contributed by atoms with Crippen molar-refractivity contribution in [3.63, 3.8) is 0 Å². The van der Waals surface area contributed by atoms with Gasteiger partial charge in [-0.15, -0.1) is 0 Å². The molecule has 0 aliphatic heterocycles. The summed E-state index contributed by atoms with van der Waals surface area (Å²) in [6.45, 7) is 0. The molecule has 0 aliphatic rings. The summed E-state index contributed by atoms with van der Waals surface area (Å²) in [5.74, 6) is 0.614. The maximum Gasteiger partial charge on any atom is 0.135 e. The number of anilines is 2. The van der Waals surface area contributed by atoms with E-state index in [0.717, 1.165) is 9.26 Å². The third-order valence-corrected chi connectivity index (χ3v) is 3.02. The highest BCUT2D eigenvalue weighted by Gasteiger charge is 2.02. The molecule has 0 atom stereocenters. The highest BCUT2D eigenvalue weighted by Crippen LogP contribution is 2.26. The van der Waals surface area contributed by atoms with Gasteiger partial charge < -0.3 is 5.32 Å². The molecule has 0 spiro atoms. The van der Waals surface area contributed by atoms with Crippen LogP contribution >= 0.6 is 45.8 Å². The minimum absolute atomic E-state index is 0.388. The summed E-state index contributed by atoms with van der Waals surface area (Å²) in [6, 6.07) is 7.35. The predicted octanol–water partition coefficient (Wildman–Crippen LogP) is 4.13. The molecule has 0 fully saturated rings. The average Bonchev–Trinajstić information content (AvgIpc) is 2.22. The first-order valence-corrected chi connectivity index (χ1v) is 6.18. The van der Waals surface area contributed by atoms with Gasteiger partial charge in [-0.1, -0.05) is 23.2 Å². The number of hydrogen-bond donors (Lipinski definition) is 1. The average molecular weight is 366 g/mol. The van der Waals surface area contributed by atoms with Crippen LogP contribution in [0.1, 0.15) is 0 Å². The van der Waals surface area contributed by atoms with Gasteiger partial charge in [0.25, 0.3) is 0 Å². The van der Waals surface area contributed by atoms with Crippen molar-refractivity contribution < 1.29 is 0 Å². The Balaban J connectivity index is 2.27. The zero-order valence-corrected chi connectivity index (χ0v) is 11.6. The molecule has 16 heavy (non-hydrogen) atoms. The number of rotatable bonds is 2. The van der Waals surface area contributed by atoms with Crippen LogP contribution in [-0.4, -0.2) is 9.97 Å². The van der Waals surface area contributed by atoms with E-state index in [-0.39, 0.29) is 0 Å². The van der Waals surface area contributed by atoms with E-state index in [1.807, 2.05) is 18.2 Å². The van der Waals surface area contributed by atoms with Gasteiger partial charge in [0, 0.05) is 9.64 Å². The molecule has 0 saturated carbocycles.